The van der Waals surface area contributed by atoms with E-state index in [2.05, 4.69) is 0 Å². The molecule has 2 aromatic carbocycles. The van der Waals surface area contributed by atoms with Crippen LogP contribution in [-0.2, 0) is 6.42 Å². The maximum atomic E-state index is 11.1. The highest BCUT2D eigenvalue weighted by Gasteiger charge is 2.13. The molecule has 0 fully saturated rings. The zero-order valence-corrected chi connectivity index (χ0v) is 11.9. The Bertz CT molecular complexity index is 615. The minimum atomic E-state index is -0.969. The molecule has 2 rings (SSSR count). The lowest BCUT2D eigenvalue weighted by molar-refractivity contribution is -0.385. The molecule has 0 aliphatic rings. The SMILES string of the molecule is O=C(O)c1ccccc1SCCc1ccccc1[N+](=O)[O-]. The fourth-order valence-corrected chi connectivity index (χ4v) is 2.97. The molecule has 0 amide bonds. The number of aromatic carboxylic acids is 1. The van der Waals surface area contributed by atoms with E-state index >= 15 is 0 Å². The van der Waals surface area contributed by atoms with Gasteiger partial charge in [0, 0.05) is 22.3 Å². The summed E-state index contributed by atoms with van der Waals surface area (Å²) in [7, 11) is 0. The van der Waals surface area contributed by atoms with Crippen molar-refractivity contribution in [2.45, 2.75) is 11.3 Å². The zero-order chi connectivity index (χ0) is 15.2. The summed E-state index contributed by atoms with van der Waals surface area (Å²) in [5, 5.41) is 20.0. The van der Waals surface area contributed by atoms with E-state index < -0.39 is 10.9 Å². The van der Waals surface area contributed by atoms with Crippen LogP contribution in [0.1, 0.15) is 15.9 Å². The van der Waals surface area contributed by atoms with E-state index in [-0.39, 0.29) is 11.3 Å². The monoisotopic (exact) mass is 303 g/mol. The van der Waals surface area contributed by atoms with Crippen molar-refractivity contribution in [1.82, 2.24) is 0 Å². The minimum absolute atomic E-state index is 0.101. The molecule has 108 valence electrons. The second-order valence-electron chi connectivity index (χ2n) is 4.29. The number of benzene rings is 2. The molecule has 0 aliphatic heterocycles. The van der Waals surface area contributed by atoms with Gasteiger partial charge in [-0.05, 0) is 18.6 Å². The van der Waals surface area contributed by atoms with E-state index in [9.17, 15) is 14.9 Å². The summed E-state index contributed by atoms with van der Waals surface area (Å²) in [5.41, 5.74) is 1.01. The first-order chi connectivity index (χ1) is 10.1. The molecule has 6 heteroatoms. The highest BCUT2D eigenvalue weighted by Crippen LogP contribution is 2.25. The van der Waals surface area contributed by atoms with Crippen LogP contribution in [0.2, 0.25) is 0 Å². The Hall–Kier alpha value is -2.34. The van der Waals surface area contributed by atoms with E-state index in [1.54, 1.807) is 42.5 Å². The van der Waals surface area contributed by atoms with Gasteiger partial charge in [0.1, 0.15) is 0 Å². The fourth-order valence-electron chi connectivity index (χ4n) is 1.94. The molecule has 0 radical (unpaired) electrons. The van der Waals surface area contributed by atoms with Crippen LogP contribution in [0.15, 0.2) is 53.4 Å². The molecule has 0 heterocycles. The Morgan fingerprint density at radius 2 is 1.81 bits per heavy atom. The quantitative estimate of drug-likeness (QED) is 0.500. The highest BCUT2D eigenvalue weighted by atomic mass is 32.2. The van der Waals surface area contributed by atoms with Gasteiger partial charge >= 0.3 is 5.97 Å². The van der Waals surface area contributed by atoms with Gasteiger partial charge in [0.2, 0.25) is 0 Å². The average molecular weight is 303 g/mol. The van der Waals surface area contributed by atoms with E-state index in [1.165, 1.54) is 17.8 Å². The van der Waals surface area contributed by atoms with Gasteiger partial charge in [0.05, 0.1) is 10.5 Å². The Morgan fingerprint density at radius 3 is 2.52 bits per heavy atom. The summed E-state index contributed by atoms with van der Waals surface area (Å²) in [6.45, 7) is 0. The van der Waals surface area contributed by atoms with Crippen LogP contribution < -0.4 is 0 Å². The molecule has 0 unspecified atom stereocenters. The van der Waals surface area contributed by atoms with Crippen LogP contribution in [0.5, 0.6) is 0 Å². The summed E-state index contributed by atoms with van der Waals surface area (Å²) >= 11 is 1.39. The molecule has 0 spiro atoms. The lowest BCUT2D eigenvalue weighted by Crippen LogP contribution is -2.00. The fraction of sp³-hybridized carbons (Fsp3) is 0.133. The molecule has 0 aromatic heterocycles. The van der Waals surface area contributed by atoms with Crippen molar-refractivity contribution < 1.29 is 14.8 Å². The van der Waals surface area contributed by atoms with Gasteiger partial charge in [-0.3, -0.25) is 10.1 Å². The highest BCUT2D eigenvalue weighted by molar-refractivity contribution is 7.99. The van der Waals surface area contributed by atoms with Crippen molar-refractivity contribution in [3.05, 3.63) is 69.8 Å². The first-order valence-electron chi connectivity index (χ1n) is 6.27. The minimum Gasteiger partial charge on any atom is -0.478 e. The molecular weight excluding hydrogens is 290 g/mol. The average Bonchev–Trinajstić information content (AvgIpc) is 2.48. The number of aryl methyl sites for hydroxylation is 1. The van der Waals surface area contributed by atoms with Gasteiger partial charge in [-0.25, -0.2) is 4.79 Å². The van der Waals surface area contributed by atoms with E-state index in [4.69, 9.17) is 5.11 Å². The Morgan fingerprint density at radius 1 is 1.14 bits per heavy atom. The lowest BCUT2D eigenvalue weighted by atomic mass is 10.1. The molecule has 0 bridgehead atoms. The summed E-state index contributed by atoms with van der Waals surface area (Å²) < 4.78 is 0. The number of hydrogen-bond acceptors (Lipinski definition) is 4. The summed E-state index contributed by atoms with van der Waals surface area (Å²) in [5.74, 6) is -0.390. The number of nitrogens with zero attached hydrogens (tertiary/aromatic N) is 1. The van der Waals surface area contributed by atoms with Crippen LogP contribution in [0.4, 0.5) is 5.69 Å². The van der Waals surface area contributed by atoms with Gasteiger partial charge in [-0.15, -0.1) is 11.8 Å². The summed E-state index contributed by atoms with van der Waals surface area (Å²) in [6, 6.07) is 13.3. The molecule has 2 aromatic rings. The van der Waals surface area contributed by atoms with Crippen LogP contribution in [-0.4, -0.2) is 21.8 Å². The third-order valence-electron chi connectivity index (χ3n) is 2.93. The van der Waals surface area contributed by atoms with Gasteiger partial charge in [0.15, 0.2) is 0 Å². The van der Waals surface area contributed by atoms with E-state index in [0.717, 1.165) is 0 Å². The molecule has 5 nitrogen and oxygen atoms in total. The predicted molar refractivity (Wildman–Crippen MR) is 80.9 cm³/mol. The number of thioether (sulfide) groups is 1. The first-order valence-corrected chi connectivity index (χ1v) is 7.25. The number of rotatable bonds is 6. The Kier molecular flexibility index (Phi) is 4.94. The van der Waals surface area contributed by atoms with Gasteiger partial charge in [-0.2, -0.15) is 0 Å². The van der Waals surface area contributed by atoms with Crippen molar-refractivity contribution in [2.24, 2.45) is 0 Å². The van der Waals surface area contributed by atoms with E-state index in [1.807, 2.05) is 0 Å². The predicted octanol–water partition coefficient (Wildman–Crippen LogP) is 3.63. The topological polar surface area (TPSA) is 80.4 Å². The van der Waals surface area contributed by atoms with Crippen molar-refractivity contribution in [3.63, 3.8) is 0 Å². The number of para-hydroxylation sites is 1. The standard InChI is InChI=1S/C15H13NO4S/c17-15(18)12-6-2-4-8-14(12)21-10-9-11-5-1-3-7-13(11)16(19)20/h1-8H,9-10H2,(H,17,18). The molecule has 0 saturated carbocycles. The smallest absolute Gasteiger partial charge is 0.336 e. The second kappa shape index (κ2) is 6.90. The normalized spacial score (nSPS) is 10.3. The van der Waals surface area contributed by atoms with Crippen molar-refractivity contribution in [3.8, 4) is 0 Å². The molecule has 0 saturated heterocycles. The summed E-state index contributed by atoms with van der Waals surface area (Å²) in [4.78, 5) is 22.3. The van der Waals surface area contributed by atoms with Gasteiger partial charge in [-0.1, -0.05) is 30.3 Å². The maximum Gasteiger partial charge on any atom is 0.336 e. The van der Waals surface area contributed by atoms with Crippen LogP contribution in [0.25, 0.3) is 0 Å². The number of carbonyl (C=O) groups is 1. The largest absolute Gasteiger partial charge is 0.478 e. The number of hydrogen-bond donors (Lipinski definition) is 1. The van der Waals surface area contributed by atoms with Crippen molar-refractivity contribution in [1.29, 1.82) is 0 Å². The number of nitro groups is 1. The third kappa shape index (κ3) is 3.82. The number of carboxylic acid groups (broad SMARTS) is 1. The Balaban J connectivity index is 2.06. The number of carboxylic acids is 1. The molecule has 1 N–H and O–H groups in total. The van der Waals surface area contributed by atoms with Crippen LogP contribution >= 0.6 is 11.8 Å². The van der Waals surface area contributed by atoms with Crippen molar-refractivity contribution in [2.75, 3.05) is 5.75 Å². The summed E-state index contributed by atoms with van der Waals surface area (Å²) in [6.07, 6.45) is 0.510. The van der Waals surface area contributed by atoms with Gasteiger partial charge < -0.3 is 5.11 Å². The van der Waals surface area contributed by atoms with Crippen LogP contribution in [0, 0.1) is 10.1 Å². The second-order valence-corrected chi connectivity index (χ2v) is 5.42. The molecule has 0 aliphatic carbocycles. The first kappa shape index (κ1) is 15.1. The molecule has 0 atom stereocenters. The third-order valence-corrected chi connectivity index (χ3v) is 4.01. The molecule has 21 heavy (non-hydrogen) atoms. The van der Waals surface area contributed by atoms with Crippen LogP contribution in [0.3, 0.4) is 0 Å². The number of nitro benzene ring substituents is 1. The van der Waals surface area contributed by atoms with E-state index in [0.29, 0.717) is 22.6 Å². The maximum absolute atomic E-state index is 11.1. The molecular formula is C15H13NO4S. The van der Waals surface area contributed by atoms with Crippen molar-refractivity contribution >= 4 is 23.4 Å². The zero-order valence-electron chi connectivity index (χ0n) is 11.1. The Labute approximate surface area is 125 Å². The lowest BCUT2D eigenvalue weighted by Gasteiger charge is -2.06. The van der Waals surface area contributed by atoms with Gasteiger partial charge in [0.25, 0.3) is 5.69 Å².